The third-order valence-electron chi connectivity index (χ3n) is 3.90. The number of nitro benzene ring substituents is 1. The highest BCUT2D eigenvalue weighted by Crippen LogP contribution is 2.31. The number of carbonyl (C=O) groups is 1. The second kappa shape index (κ2) is 7.35. The van der Waals surface area contributed by atoms with E-state index in [-0.39, 0.29) is 30.7 Å². The molecule has 1 aliphatic rings. The zero-order valence-corrected chi connectivity index (χ0v) is 14.3. The summed E-state index contributed by atoms with van der Waals surface area (Å²) in [7, 11) is 0. The first-order valence-electron chi connectivity index (χ1n) is 8.22. The monoisotopic (exact) mass is 383 g/mol. The van der Waals surface area contributed by atoms with Crippen LogP contribution in [-0.4, -0.2) is 33.8 Å². The topological polar surface area (TPSA) is 127 Å². The molecule has 0 N–H and O–H groups in total. The number of carbonyl (C=O) groups excluding carboxylic acids is 1. The Morgan fingerprint density at radius 2 is 1.89 bits per heavy atom. The van der Waals surface area contributed by atoms with E-state index in [2.05, 4.69) is 10.2 Å². The highest BCUT2D eigenvalue weighted by atomic mass is 16.6. The lowest BCUT2D eigenvalue weighted by atomic mass is 10.2. The lowest BCUT2D eigenvalue weighted by Gasteiger charge is -2.24. The summed E-state index contributed by atoms with van der Waals surface area (Å²) in [6, 6.07) is 12.7. The number of ether oxygens (including phenoxy) is 3. The average molecular weight is 383 g/mol. The van der Waals surface area contributed by atoms with Crippen LogP contribution >= 0.6 is 0 Å². The average Bonchev–Trinajstić information content (AvgIpc) is 3.21. The van der Waals surface area contributed by atoms with Crippen LogP contribution in [0.25, 0.3) is 11.5 Å². The smallest absolute Gasteiger partial charge is 0.351 e. The predicted octanol–water partition coefficient (Wildman–Crippen LogP) is 2.53. The van der Waals surface area contributed by atoms with Gasteiger partial charge in [-0.1, -0.05) is 12.1 Å². The molecule has 0 unspecified atom stereocenters. The van der Waals surface area contributed by atoms with Crippen LogP contribution in [0.4, 0.5) is 5.69 Å². The Morgan fingerprint density at radius 1 is 1.14 bits per heavy atom. The fourth-order valence-corrected chi connectivity index (χ4v) is 2.52. The number of non-ortho nitro benzene ring substituents is 1. The van der Waals surface area contributed by atoms with Crippen LogP contribution in [0, 0.1) is 10.1 Å². The lowest BCUT2D eigenvalue weighted by Crippen LogP contribution is -2.37. The number of para-hydroxylation sites is 2. The minimum absolute atomic E-state index is 0.0354. The van der Waals surface area contributed by atoms with Gasteiger partial charge >= 0.3 is 5.97 Å². The third kappa shape index (κ3) is 3.61. The zero-order valence-electron chi connectivity index (χ0n) is 14.3. The Bertz CT molecular complexity index is 1020. The van der Waals surface area contributed by atoms with E-state index in [0.717, 1.165) is 0 Å². The maximum atomic E-state index is 12.2. The van der Waals surface area contributed by atoms with Crippen molar-refractivity contribution in [3.8, 4) is 23.0 Å². The summed E-state index contributed by atoms with van der Waals surface area (Å²) in [5.41, 5.74) is 0.463. The Labute approximate surface area is 157 Å². The van der Waals surface area contributed by atoms with Gasteiger partial charge in [-0.2, -0.15) is 0 Å². The van der Waals surface area contributed by atoms with E-state index in [4.69, 9.17) is 18.6 Å². The predicted molar refractivity (Wildman–Crippen MR) is 92.5 cm³/mol. The summed E-state index contributed by atoms with van der Waals surface area (Å²) in [6.45, 7) is -0.200. The first-order chi connectivity index (χ1) is 13.6. The van der Waals surface area contributed by atoms with Crippen LogP contribution in [0.1, 0.15) is 5.89 Å². The highest BCUT2D eigenvalue weighted by Gasteiger charge is 2.29. The van der Waals surface area contributed by atoms with Crippen molar-refractivity contribution >= 4 is 11.7 Å². The second-order valence-electron chi connectivity index (χ2n) is 5.78. The summed E-state index contributed by atoms with van der Waals surface area (Å²) < 4.78 is 21.6. The molecular formula is C18H13N3O7. The molecular weight excluding hydrogens is 370 g/mol. The van der Waals surface area contributed by atoms with Crippen molar-refractivity contribution < 1.29 is 28.3 Å². The van der Waals surface area contributed by atoms with E-state index >= 15 is 0 Å². The van der Waals surface area contributed by atoms with Crippen LogP contribution in [0.2, 0.25) is 0 Å². The van der Waals surface area contributed by atoms with Gasteiger partial charge in [-0.3, -0.25) is 10.1 Å². The molecule has 1 aromatic heterocycles. The molecule has 142 valence electrons. The minimum Gasteiger partial charge on any atom is -0.485 e. The van der Waals surface area contributed by atoms with Crippen molar-refractivity contribution in [1.29, 1.82) is 0 Å². The van der Waals surface area contributed by atoms with E-state index < -0.39 is 17.0 Å². The summed E-state index contributed by atoms with van der Waals surface area (Å²) in [5.74, 6) is 0.653. The van der Waals surface area contributed by atoms with Gasteiger partial charge in [-0.25, -0.2) is 4.79 Å². The normalized spacial score (nSPS) is 15.1. The first-order valence-corrected chi connectivity index (χ1v) is 8.22. The van der Waals surface area contributed by atoms with E-state index in [1.54, 1.807) is 24.3 Å². The molecule has 0 radical (unpaired) electrons. The van der Waals surface area contributed by atoms with E-state index in [1.807, 2.05) is 0 Å². The minimum atomic E-state index is -0.896. The quantitative estimate of drug-likeness (QED) is 0.371. The van der Waals surface area contributed by atoms with Crippen molar-refractivity contribution in [3.63, 3.8) is 0 Å². The first kappa shape index (κ1) is 17.5. The SMILES string of the molecule is O=C(OCc1nnc(-c2ccc([N+](=O)[O-])cc2)o1)[C@@H]1COc2ccccc2O1. The molecule has 2 aromatic carbocycles. The lowest BCUT2D eigenvalue weighted by molar-refractivity contribution is -0.384. The molecule has 2 heterocycles. The van der Waals surface area contributed by atoms with Gasteiger partial charge in [0.1, 0.15) is 6.61 Å². The van der Waals surface area contributed by atoms with Crippen LogP contribution in [0.5, 0.6) is 11.5 Å². The van der Waals surface area contributed by atoms with E-state index in [9.17, 15) is 14.9 Å². The van der Waals surface area contributed by atoms with Crippen molar-refractivity contribution in [2.24, 2.45) is 0 Å². The van der Waals surface area contributed by atoms with Gasteiger partial charge in [0.2, 0.25) is 12.0 Å². The summed E-state index contributed by atoms with van der Waals surface area (Å²) in [6.07, 6.45) is -0.896. The van der Waals surface area contributed by atoms with Crippen molar-refractivity contribution in [2.75, 3.05) is 6.61 Å². The van der Waals surface area contributed by atoms with Crippen molar-refractivity contribution in [2.45, 2.75) is 12.7 Å². The summed E-state index contributed by atoms with van der Waals surface area (Å²) >= 11 is 0. The fraction of sp³-hybridized carbons (Fsp3) is 0.167. The van der Waals surface area contributed by atoms with Crippen LogP contribution in [-0.2, 0) is 16.1 Å². The molecule has 10 nitrogen and oxygen atoms in total. The number of benzene rings is 2. The highest BCUT2D eigenvalue weighted by molar-refractivity contribution is 5.75. The number of fused-ring (bicyclic) bond motifs is 1. The molecule has 10 heteroatoms. The molecule has 0 aliphatic carbocycles. The third-order valence-corrected chi connectivity index (χ3v) is 3.90. The van der Waals surface area contributed by atoms with Gasteiger partial charge in [0.05, 0.1) is 4.92 Å². The molecule has 4 rings (SSSR count). The van der Waals surface area contributed by atoms with Gasteiger partial charge in [0, 0.05) is 17.7 Å². The van der Waals surface area contributed by atoms with Crippen molar-refractivity contribution in [1.82, 2.24) is 10.2 Å². The van der Waals surface area contributed by atoms with Crippen molar-refractivity contribution in [3.05, 3.63) is 64.5 Å². The maximum absolute atomic E-state index is 12.2. The number of hydrogen-bond donors (Lipinski definition) is 0. The van der Waals surface area contributed by atoms with Gasteiger partial charge in [0.25, 0.3) is 11.6 Å². The molecule has 0 fully saturated rings. The number of esters is 1. The largest absolute Gasteiger partial charge is 0.485 e. The molecule has 0 spiro atoms. The van der Waals surface area contributed by atoms with Crippen LogP contribution in [0.3, 0.4) is 0 Å². The van der Waals surface area contributed by atoms with Gasteiger partial charge in [-0.05, 0) is 24.3 Å². The second-order valence-corrected chi connectivity index (χ2v) is 5.78. The number of rotatable bonds is 5. The molecule has 0 saturated heterocycles. The van der Waals surface area contributed by atoms with Gasteiger partial charge in [0.15, 0.2) is 18.1 Å². The maximum Gasteiger partial charge on any atom is 0.351 e. The number of hydrogen-bond acceptors (Lipinski definition) is 9. The van der Waals surface area contributed by atoms with Crippen LogP contribution in [0.15, 0.2) is 52.9 Å². The number of nitro groups is 1. The summed E-state index contributed by atoms with van der Waals surface area (Å²) in [5, 5.41) is 18.3. The molecule has 1 atom stereocenters. The van der Waals surface area contributed by atoms with Gasteiger partial charge < -0.3 is 18.6 Å². The Kier molecular flexibility index (Phi) is 4.58. The molecule has 3 aromatic rings. The van der Waals surface area contributed by atoms with Gasteiger partial charge in [-0.15, -0.1) is 10.2 Å². The van der Waals surface area contributed by atoms with E-state index in [0.29, 0.717) is 17.1 Å². The van der Waals surface area contributed by atoms with Crippen LogP contribution < -0.4 is 9.47 Å². The number of aromatic nitrogens is 2. The Balaban J connectivity index is 1.36. The fourth-order valence-electron chi connectivity index (χ4n) is 2.52. The molecule has 0 bridgehead atoms. The molecule has 0 saturated carbocycles. The summed E-state index contributed by atoms with van der Waals surface area (Å²) in [4.78, 5) is 22.4. The number of nitrogens with zero attached hydrogens (tertiary/aromatic N) is 3. The molecule has 1 aliphatic heterocycles. The Morgan fingerprint density at radius 3 is 2.64 bits per heavy atom. The zero-order chi connectivity index (χ0) is 19.5. The molecule has 28 heavy (non-hydrogen) atoms. The van der Waals surface area contributed by atoms with E-state index in [1.165, 1.54) is 24.3 Å². The Hall–Kier alpha value is -3.95. The standard InChI is InChI=1S/C18H13N3O7/c22-18(15-9-25-13-3-1-2-4-14(13)27-15)26-10-16-19-20-17(28-16)11-5-7-12(8-6-11)21(23)24/h1-8,15H,9-10H2/t15-/m0/s1. The molecule has 0 amide bonds.